The van der Waals surface area contributed by atoms with Crippen molar-refractivity contribution >= 4 is 11.6 Å². The van der Waals surface area contributed by atoms with Crippen molar-refractivity contribution in [1.82, 2.24) is 5.32 Å². The third-order valence-electron chi connectivity index (χ3n) is 3.58. The number of aryl methyl sites for hydroxylation is 2. The number of aliphatic hydroxyl groups excluding tert-OH is 1. The molecule has 1 amide bonds. The average Bonchev–Trinajstić information content (AvgIpc) is 2.34. The number of benzene rings is 1. The van der Waals surface area contributed by atoms with Crippen LogP contribution < -0.4 is 5.32 Å². The van der Waals surface area contributed by atoms with Gasteiger partial charge in [0.25, 0.3) is 11.6 Å². The van der Waals surface area contributed by atoms with Crippen LogP contribution in [0.1, 0.15) is 40.9 Å². The molecule has 1 aromatic carbocycles. The Balaban J connectivity index is 3.10. The molecule has 0 heterocycles. The van der Waals surface area contributed by atoms with E-state index in [9.17, 15) is 20.0 Å². The monoisotopic (exact) mass is 294 g/mol. The van der Waals surface area contributed by atoms with E-state index in [1.54, 1.807) is 26.8 Å². The van der Waals surface area contributed by atoms with E-state index in [1.165, 1.54) is 0 Å². The van der Waals surface area contributed by atoms with E-state index in [0.717, 1.165) is 0 Å². The molecule has 116 valence electrons. The Labute approximate surface area is 124 Å². The van der Waals surface area contributed by atoms with Crippen molar-refractivity contribution in [2.24, 2.45) is 5.92 Å². The van der Waals surface area contributed by atoms with Gasteiger partial charge < -0.3 is 10.4 Å². The van der Waals surface area contributed by atoms with Gasteiger partial charge >= 0.3 is 0 Å². The number of rotatable bonds is 5. The molecule has 21 heavy (non-hydrogen) atoms. The van der Waals surface area contributed by atoms with Gasteiger partial charge in [0, 0.05) is 17.7 Å². The topological polar surface area (TPSA) is 92.5 Å². The summed E-state index contributed by atoms with van der Waals surface area (Å²) >= 11 is 0. The lowest BCUT2D eigenvalue weighted by Gasteiger charge is -2.17. The molecule has 0 bridgehead atoms. The zero-order valence-electron chi connectivity index (χ0n) is 13.1. The van der Waals surface area contributed by atoms with E-state index < -0.39 is 16.9 Å². The number of hydrogen-bond acceptors (Lipinski definition) is 4. The Kier molecular flexibility index (Phi) is 5.43. The molecule has 2 N–H and O–H groups in total. The minimum absolute atomic E-state index is 0.0276. The number of nitro groups is 1. The van der Waals surface area contributed by atoms with Crippen LogP contribution in [-0.2, 0) is 0 Å². The first-order chi connectivity index (χ1) is 9.66. The summed E-state index contributed by atoms with van der Waals surface area (Å²) in [6, 6.07) is 1.64. The van der Waals surface area contributed by atoms with Gasteiger partial charge in [0.15, 0.2) is 0 Å². The van der Waals surface area contributed by atoms with Crippen molar-refractivity contribution in [2.75, 3.05) is 6.54 Å². The van der Waals surface area contributed by atoms with Crippen molar-refractivity contribution in [3.63, 3.8) is 0 Å². The minimum atomic E-state index is -0.644. The zero-order chi connectivity index (χ0) is 16.3. The highest BCUT2D eigenvalue weighted by atomic mass is 16.6. The van der Waals surface area contributed by atoms with Gasteiger partial charge in [-0.15, -0.1) is 0 Å². The van der Waals surface area contributed by atoms with Crippen LogP contribution in [-0.4, -0.2) is 28.6 Å². The predicted molar refractivity (Wildman–Crippen MR) is 80.5 cm³/mol. The van der Waals surface area contributed by atoms with Gasteiger partial charge in [-0.2, -0.15) is 0 Å². The fourth-order valence-electron chi connectivity index (χ4n) is 2.33. The Morgan fingerprint density at radius 1 is 1.33 bits per heavy atom. The van der Waals surface area contributed by atoms with Crippen LogP contribution in [0.2, 0.25) is 0 Å². The van der Waals surface area contributed by atoms with Crippen molar-refractivity contribution in [2.45, 2.75) is 40.7 Å². The van der Waals surface area contributed by atoms with Crippen LogP contribution in [0.5, 0.6) is 0 Å². The second-order valence-corrected chi connectivity index (χ2v) is 5.64. The van der Waals surface area contributed by atoms with Crippen LogP contribution in [0.3, 0.4) is 0 Å². The van der Waals surface area contributed by atoms with E-state index >= 15 is 0 Å². The highest BCUT2D eigenvalue weighted by Crippen LogP contribution is 2.28. The van der Waals surface area contributed by atoms with Crippen LogP contribution in [0.4, 0.5) is 5.69 Å². The Morgan fingerprint density at radius 3 is 2.38 bits per heavy atom. The molecule has 0 aromatic heterocycles. The first-order valence-corrected chi connectivity index (χ1v) is 6.88. The molecule has 1 aromatic rings. The SMILES string of the molecule is Cc1cc(C)c([N+](=O)[O-])c(C)c1C(=O)NCC(O)C(C)C. The van der Waals surface area contributed by atoms with Crippen molar-refractivity contribution in [3.8, 4) is 0 Å². The third-order valence-corrected chi connectivity index (χ3v) is 3.58. The second kappa shape index (κ2) is 6.67. The molecule has 0 spiro atoms. The number of nitrogens with one attached hydrogen (secondary N) is 1. The largest absolute Gasteiger partial charge is 0.391 e. The fourth-order valence-corrected chi connectivity index (χ4v) is 2.33. The molecule has 0 radical (unpaired) electrons. The molecule has 1 rings (SSSR count). The number of carbonyl (C=O) groups is 1. The number of amides is 1. The van der Waals surface area contributed by atoms with Gasteiger partial charge in [-0.1, -0.05) is 13.8 Å². The number of aliphatic hydroxyl groups is 1. The highest BCUT2D eigenvalue weighted by molar-refractivity contribution is 5.98. The van der Waals surface area contributed by atoms with Crippen LogP contribution in [0, 0.1) is 36.8 Å². The number of carbonyl (C=O) groups excluding carboxylic acids is 1. The molecule has 1 atom stereocenters. The lowest BCUT2D eigenvalue weighted by atomic mass is 9.96. The van der Waals surface area contributed by atoms with Crippen LogP contribution in [0.25, 0.3) is 0 Å². The maximum Gasteiger partial charge on any atom is 0.275 e. The summed E-state index contributed by atoms with van der Waals surface area (Å²) in [6.07, 6.45) is -0.644. The van der Waals surface area contributed by atoms with Crippen LogP contribution >= 0.6 is 0 Å². The molecular formula is C15H22N2O4. The Bertz CT molecular complexity index is 567. The van der Waals surface area contributed by atoms with Gasteiger partial charge in [-0.25, -0.2) is 0 Å². The Hall–Kier alpha value is -1.95. The molecule has 6 nitrogen and oxygen atoms in total. The van der Waals surface area contributed by atoms with Gasteiger partial charge in [-0.3, -0.25) is 14.9 Å². The van der Waals surface area contributed by atoms with Crippen molar-refractivity contribution < 1.29 is 14.8 Å². The summed E-state index contributed by atoms with van der Waals surface area (Å²) in [5.41, 5.74) is 1.85. The molecule has 0 aliphatic heterocycles. The van der Waals surface area contributed by atoms with Crippen LogP contribution in [0.15, 0.2) is 6.07 Å². The number of hydrogen-bond donors (Lipinski definition) is 2. The molecule has 1 unspecified atom stereocenters. The normalized spacial score (nSPS) is 12.3. The van der Waals surface area contributed by atoms with Gasteiger partial charge in [0.05, 0.1) is 16.6 Å². The molecule has 0 fully saturated rings. The lowest BCUT2D eigenvalue weighted by Crippen LogP contribution is -2.35. The highest BCUT2D eigenvalue weighted by Gasteiger charge is 2.24. The average molecular weight is 294 g/mol. The zero-order valence-corrected chi connectivity index (χ0v) is 13.1. The first-order valence-electron chi connectivity index (χ1n) is 6.88. The number of nitrogens with zero attached hydrogens (tertiary/aromatic N) is 1. The van der Waals surface area contributed by atoms with Crippen molar-refractivity contribution in [3.05, 3.63) is 38.4 Å². The van der Waals surface area contributed by atoms with E-state index in [-0.39, 0.29) is 18.2 Å². The van der Waals surface area contributed by atoms with E-state index in [4.69, 9.17) is 0 Å². The maximum atomic E-state index is 12.3. The fraction of sp³-hybridized carbons (Fsp3) is 0.533. The smallest absolute Gasteiger partial charge is 0.275 e. The molecule has 6 heteroatoms. The summed E-state index contributed by atoms with van der Waals surface area (Å²) in [4.78, 5) is 22.9. The summed E-state index contributed by atoms with van der Waals surface area (Å²) in [7, 11) is 0. The summed E-state index contributed by atoms with van der Waals surface area (Å²) < 4.78 is 0. The van der Waals surface area contributed by atoms with E-state index in [1.807, 2.05) is 13.8 Å². The quantitative estimate of drug-likeness (QED) is 0.643. The molecule has 0 aliphatic rings. The van der Waals surface area contributed by atoms with Crippen molar-refractivity contribution in [1.29, 1.82) is 0 Å². The summed E-state index contributed by atoms with van der Waals surface area (Å²) in [5, 5.41) is 23.5. The summed E-state index contributed by atoms with van der Waals surface area (Å²) in [6.45, 7) is 8.80. The Morgan fingerprint density at radius 2 is 1.90 bits per heavy atom. The molecule has 0 aliphatic carbocycles. The molecule has 0 saturated carbocycles. The lowest BCUT2D eigenvalue weighted by molar-refractivity contribution is -0.386. The number of nitro benzene ring substituents is 1. The standard InChI is InChI=1S/C15H22N2O4/c1-8(2)12(18)7-16-15(19)13-9(3)6-10(4)14(11(13)5)17(20)21/h6,8,12,18H,7H2,1-5H3,(H,16,19). The molecular weight excluding hydrogens is 272 g/mol. The second-order valence-electron chi connectivity index (χ2n) is 5.64. The van der Waals surface area contributed by atoms with E-state index in [0.29, 0.717) is 22.3 Å². The van der Waals surface area contributed by atoms with Gasteiger partial charge in [-0.05, 0) is 38.3 Å². The summed E-state index contributed by atoms with van der Waals surface area (Å²) in [5.74, 6) is -0.368. The predicted octanol–water partition coefficient (Wildman–Crippen LogP) is 2.27. The minimum Gasteiger partial charge on any atom is -0.391 e. The first kappa shape index (κ1) is 17.1. The molecule has 0 saturated heterocycles. The third kappa shape index (κ3) is 3.78. The van der Waals surface area contributed by atoms with Gasteiger partial charge in [0.2, 0.25) is 0 Å². The van der Waals surface area contributed by atoms with E-state index in [2.05, 4.69) is 5.32 Å². The van der Waals surface area contributed by atoms with Gasteiger partial charge in [0.1, 0.15) is 0 Å². The maximum absolute atomic E-state index is 12.3.